The van der Waals surface area contributed by atoms with Crippen molar-refractivity contribution in [2.75, 3.05) is 5.33 Å². The lowest BCUT2D eigenvalue weighted by atomic mass is 9.97. The molecule has 0 spiro atoms. The molecule has 0 aliphatic rings. The third-order valence-corrected chi connectivity index (χ3v) is 2.51. The molecule has 106 valence electrons. The quantitative estimate of drug-likeness (QED) is 0.617. The van der Waals surface area contributed by atoms with Gasteiger partial charge in [-0.1, -0.05) is 15.9 Å². The maximum absolute atomic E-state index is 12.6. The molecule has 0 bridgehead atoms. The van der Waals surface area contributed by atoms with Crippen LogP contribution in [-0.4, -0.2) is 34.7 Å². The second kappa shape index (κ2) is 5.50. The Morgan fingerprint density at radius 2 is 1.56 bits per heavy atom. The molecule has 0 aliphatic heterocycles. The lowest BCUT2D eigenvalue weighted by molar-refractivity contribution is -0.270. The van der Waals surface area contributed by atoms with Crippen LogP contribution >= 0.6 is 15.9 Å². The van der Waals surface area contributed by atoms with Crippen molar-refractivity contribution in [2.45, 2.75) is 37.9 Å². The van der Waals surface area contributed by atoms with Gasteiger partial charge in [0.25, 0.3) is 0 Å². The molecule has 0 aromatic rings. The van der Waals surface area contributed by atoms with E-state index in [2.05, 4.69) is 15.9 Å². The van der Waals surface area contributed by atoms with Crippen molar-refractivity contribution in [3.63, 3.8) is 0 Å². The smallest absolute Gasteiger partial charge is 0.345 e. The van der Waals surface area contributed by atoms with Gasteiger partial charge in [0.15, 0.2) is 0 Å². The van der Waals surface area contributed by atoms with Crippen molar-refractivity contribution >= 4 is 27.6 Å². The monoisotopic (exact) mass is 339 g/mol. The number of hydrogen-bond acceptors (Lipinski definition) is 2. The minimum Gasteiger partial charge on any atom is -0.345 e. The van der Waals surface area contributed by atoms with Gasteiger partial charge in [0, 0.05) is 12.0 Å². The zero-order chi connectivity index (χ0) is 14.8. The minimum absolute atomic E-state index is 0.0814. The summed E-state index contributed by atoms with van der Waals surface area (Å²) in [6, 6.07) is 0. The SMILES string of the molecule is CC(C)(CC(=O)CBr)NC(=O)C(F)(F)C(F)(F)F. The fourth-order valence-corrected chi connectivity index (χ4v) is 1.30. The van der Waals surface area contributed by atoms with Crippen LogP contribution in [0.2, 0.25) is 0 Å². The minimum atomic E-state index is -5.97. The zero-order valence-electron chi connectivity index (χ0n) is 9.50. The second-order valence-corrected chi connectivity index (χ2v) is 4.82. The first-order valence-electron chi connectivity index (χ1n) is 4.68. The van der Waals surface area contributed by atoms with Gasteiger partial charge in [-0.25, -0.2) is 0 Å². The van der Waals surface area contributed by atoms with Gasteiger partial charge in [-0.15, -0.1) is 0 Å². The van der Waals surface area contributed by atoms with Gasteiger partial charge in [0.05, 0.1) is 5.33 Å². The fourth-order valence-electron chi connectivity index (χ4n) is 1.10. The van der Waals surface area contributed by atoms with Crippen LogP contribution < -0.4 is 5.32 Å². The van der Waals surface area contributed by atoms with Gasteiger partial charge >= 0.3 is 18.0 Å². The van der Waals surface area contributed by atoms with Gasteiger partial charge in [-0.3, -0.25) is 9.59 Å². The highest BCUT2D eigenvalue weighted by Gasteiger charge is 2.63. The van der Waals surface area contributed by atoms with Gasteiger partial charge < -0.3 is 5.32 Å². The summed E-state index contributed by atoms with van der Waals surface area (Å²) >= 11 is 2.81. The second-order valence-electron chi connectivity index (χ2n) is 4.26. The third kappa shape index (κ3) is 4.51. The van der Waals surface area contributed by atoms with Crippen LogP contribution in [0, 0.1) is 0 Å². The van der Waals surface area contributed by atoms with Crippen LogP contribution in [0.4, 0.5) is 22.0 Å². The number of carbonyl (C=O) groups is 2. The molecule has 0 atom stereocenters. The molecule has 0 radical (unpaired) electrons. The van der Waals surface area contributed by atoms with E-state index in [1.54, 1.807) is 0 Å². The molecule has 0 unspecified atom stereocenters. The Morgan fingerprint density at radius 1 is 1.11 bits per heavy atom. The largest absolute Gasteiger partial charge is 0.463 e. The van der Waals surface area contributed by atoms with Crippen LogP contribution in [0.5, 0.6) is 0 Å². The van der Waals surface area contributed by atoms with Crippen LogP contribution in [0.25, 0.3) is 0 Å². The van der Waals surface area contributed by atoms with Gasteiger partial charge in [-0.05, 0) is 13.8 Å². The number of ketones is 1. The lowest BCUT2D eigenvalue weighted by Gasteiger charge is -2.28. The first-order valence-corrected chi connectivity index (χ1v) is 5.80. The number of rotatable bonds is 5. The molecule has 1 N–H and O–H groups in total. The summed E-state index contributed by atoms with van der Waals surface area (Å²) in [6.45, 7) is 2.36. The predicted molar refractivity (Wildman–Crippen MR) is 56.6 cm³/mol. The normalized spacial score (nSPS) is 13.3. The van der Waals surface area contributed by atoms with E-state index in [0.717, 1.165) is 0 Å². The van der Waals surface area contributed by atoms with Crippen LogP contribution in [0.1, 0.15) is 20.3 Å². The number of nitrogens with one attached hydrogen (secondary N) is 1. The summed E-state index contributed by atoms with van der Waals surface area (Å²) < 4.78 is 61.0. The molecule has 0 fully saturated rings. The van der Waals surface area contributed by atoms with Crippen LogP contribution in [-0.2, 0) is 9.59 Å². The van der Waals surface area contributed by atoms with E-state index in [1.807, 2.05) is 0 Å². The van der Waals surface area contributed by atoms with E-state index in [1.165, 1.54) is 19.2 Å². The summed E-state index contributed by atoms with van der Waals surface area (Å²) in [5, 5.41) is 1.44. The highest BCUT2D eigenvalue weighted by atomic mass is 79.9. The number of alkyl halides is 6. The summed E-state index contributed by atoms with van der Waals surface area (Å²) in [6.07, 6.45) is -6.33. The highest BCUT2D eigenvalue weighted by Crippen LogP contribution is 2.36. The summed E-state index contributed by atoms with van der Waals surface area (Å²) in [5.74, 6) is -8.39. The number of carbonyl (C=O) groups excluding carboxylic acids is 2. The van der Waals surface area contributed by atoms with E-state index in [-0.39, 0.29) is 11.8 Å². The van der Waals surface area contributed by atoms with Crippen LogP contribution in [0.15, 0.2) is 0 Å². The van der Waals surface area contributed by atoms with Crippen molar-refractivity contribution in [3.05, 3.63) is 0 Å². The Kier molecular flexibility index (Phi) is 5.27. The van der Waals surface area contributed by atoms with Crippen LogP contribution in [0.3, 0.4) is 0 Å². The summed E-state index contributed by atoms with van der Waals surface area (Å²) in [4.78, 5) is 21.9. The highest BCUT2D eigenvalue weighted by molar-refractivity contribution is 9.09. The molecule has 9 heteroatoms. The standard InChI is InChI=1S/C9H11BrF5NO2/c1-7(2,3-5(17)4-10)16-6(18)8(11,12)9(13,14)15/h3-4H2,1-2H3,(H,16,18). The van der Waals surface area contributed by atoms with Gasteiger partial charge in [-0.2, -0.15) is 22.0 Å². The Balaban J connectivity index is 4.81. The Bertz CT molecular complexity index is 340. The molecule has 3 nitrogen and oxygen atoms in total. The van der Waals surface area contributed by atoms with Crippen molar-refractivity contribution in [3.8, 4) is 0 Å². The van der Waals surface area contributed by atoms with Crippen molar-refractivity contribution < 1.29 is 31.5 Å². The molecule has 1 amide bonds. The Labute approximate surface area is 108 Å². The first kappa shape index (κ1) is 17.3. The van der Waals surface area contributed by atoms with E-state index >= 15 is 0 Å². The third-order valence-electron chi connectivity index (χ3n) is 1.88. The maximum atomic E-state index is 12.6. The van der Waals surface area contributed by atoms with Crippen molar-refractivity contribution in [2.24, 2.45) is 0 Å². The molecule has 0 aromatic heterocycles. The molecular formula is C9H11BrF5NO2. The Hall–Kier alpha value is -0.730. The van der Waals surface area contributed by atoms with E-state index in [0.29, 0.717) is 0 Å². The number of hydrogen-bond donors (Lipinski definition) is 1. The molecule has 0 saturated carbocycles. The van der Waals surface area contributed by atoms with E-state index < -0.39 is 29.3 Å². The maximum Gasteiger partial charge on any atom is 0.463 e. The molecule has 0 aliphatic carbocycles. The zero-order valence-corrected chi connectivity index (χ0v) is 11.1. The van der Waals surface area contributed by atoms with Gasteiger partial charge in [0.2, 0.25) is 0 Å². The van der Waals surface area contributed by atoms with E-state index in [4.69, 9.17) is 0 Å². The molecule has 0 heterocycles. The molecule has 0 aromatic carbocycles. The van der Waals surface area contributed by atoms with Crippen molar-refractivity contribution in [1.82, 2.24) is 5.32 Å². The molecule has 0 rings (SSSR count). The lowest BCUT2D eigenvalue weighted by Crippen LogP contribution is -2.56. The number of Topliss-reactive ketones (excluding diaryl/α,β-unsaturated/α-hetero) is 1. The van der Waals surface area contributed by atoms with E-state index in [9.17, 15) is 31.5 Å². The number of amides is 1. The molecule has 18 heavy (non-hydrogen) atoms. The fraction of sp³-hybridized carbons (Fsp3) is 0.778. The molecule has 0 saturated heterocycles. The average Bonchev–Trinajstić information content (AvgIpc) is 2.13. The molecular weight excluding hydrogens is 329 g/mol. The Morgan fingerprint density at radius 3 is 1.89 bits per heavy atom. The number of halogens is 6. The van der Waals surface area contributed by atoms with Gasteiger partial charge in [0.1, 0.15) is 5.78 Å². The predicted octanol–water partition coefficient (Wildman–Crippen LogP) is 2.43. The summed E-state index contributed by atoms with van der Waals surface area (Å²) in [5.41, 5.74) is -1.49. The topological polar surface area (TPSA) is 46.2 Å². The average molecular weight is 340 g/mol. The summed E-state index contributed by atoms with van der Waals surface area (Å²) in [7, 11) is 0. The first-order chi connectivity index (χ1) is 7.83. The van der Waals surface area contributed by atoms with Crippen molar-refractivity contribution in [1.29, 1.82) is 0 Å².